The number of carbonyl (C=O) groups is 3. The van der Waals surface area contributed by atoms with Gasteiger partial charge in [0.1, 0.15) is 11.3 Å². The van der Waals surface area contributed by atoms with Gasteiger partial charge in [0.05, 0.1) is 11.8 Å². The summed E-state index contributed by atoms with van der Waals surface area (Å²) in [4.78, 5) is 45.2. The predicted molar refractivity (Wildman–Crippen MR) is 193 cm³/mol. The molecule has 2 atom stereocenters. The van der Waals surface area contributed by atoms with Gasteiger partial charge in [-0.15, -0.1) is 0 Å². The van der Waals surface area contributed by atoms with E-state index in [1.54, 1.807) is 6.08 Å². The minimum absolute atomic E-state index is 0.0895. The van der Waals surface area contributed by atoms with Crippen LogP contribution in [0.25, 0.3) is 16.8 Å². The van der Waals surface area contributed by atoms with Crippen LogP contribution in [0.2, 0.25) is 0 Å². The number of urea groups is 1. The normalized spacial score (nSPS) is 19.7. The largest absolute Gasteiger partial charge is 0.490 e. The Morgan fingerprint density at radius 1 is 0.755 bits per heavy atom. The highest BCUT2D eigenvalue weighted by atomic mass is 16.5. The number of anilines is 2. The number of ether oxygens (including phenoxy) is 1. The zero-order valence-electron chi connectivity index (χ0n) is 27.6. The molecular weight excluding hydrogens is 610 g/mol. The smallest absolute Gasteiger partial charge is 0.335 e. The van der Waals surface area contributed by atoms with E-state index in [-0.39, 0.29) is 23.5 Å². The third-order valence-electron chi connectivity index (χ3n) is 9.94. The quantitative estimate of drug-likeness (QED) is 0.149. The Bertz CT molecular complexity index is 2070. The number of nitrogens with zero attached hydrogens (tertiary/aromatic N) is 2. The van der Waals surface area contributed by atoms with Crippen LogP contribution in [0.4, 0.5) is 16.2 Å². The maximum atomic E-state index is 14.5. The van der Waals surface area contributed by atoms with Crippen molar-refractivity contribution in [1.29, 1.82) is 0 Å². The molecule has 4 amide bonds. The van der Waals surface area contributed by atoms with E-state index < -0.39 is 17.8 Å². The first-order valence-electron chi connectivity index (χ1n) is 17.0. The van der Waals surface area contributed by atoms with Crippen molar-refractivity contribution in [3.05, 3.63) is 143 Å². The molecule has 0 aromatic heterocycles. The van der Waals surface area contributed by atoms with E-state index in [1.807, 2.05) is 74.5 Å². The van der Waals surface area contributed by atoms with Crippen molar-refractivity contribution in [2.45, 2.75) is 44.6 Å². The van der Waals surface area contributed by atoms with Crippen LogP contribution in [0.1, 0.15) is 66.3 Å². The first kappa shape index (κ1) is 30.6. The summed E-state index contributed by atoms with van der Waals surface area (Å²) in [6, 6.07) is 35.7. The monoisotopic (exact) mass is 647 g/mol. The minimum Gasteiger partial charge on any atom is -0.490 e. The van der Waals surface area contributed by atoms with E-state index in [0.717, 1.165) is 52.7 Å². The van der Waals surface area contributed by atoms with Gasteiger partial charge < -0.3 is 9.64 Å². The van der Waals surface area contributed by atoms with Crippen molar-refractivity contribution >= 4 is 46.1 Å². The summed E-state index contributed by atoms with van der Waals surface area (Å²) in [5.74, 6) is -0.664. The third kappa shape index (κ3) is 5.45. The highest BCUT2D eigenvalue weighted by Gasteiger charge is 2.41. The molecule has 0 aliphatic carbocycles. The molecule has 8 rings (SSSR count). The number of barbiturate groups is 1. The topological polar surface area (TPSA) is 79.0 Å². The number of rotatable bonds is 6. The Morgan fingerprint density at radius 2 is 1.35 bits per heavy atom. The number of amides is 4. The maximum absolute atomic E-state index is 14.5. The standard InChI is InChI=1S/C42H37N3O4/c1-26(2)49-38-18-17-29-15-9-10-16-31(29)34(38)25-37-40(46)43-42(48)45(41(37)47)30-23-35-32(27-11-5-3-6-12-27)19-21-44-22-20-33(36(24-30)39(35)44)28-13-7-4-8-14-28/h3-18,23-26,32-33H,19-22H2,1-2H3,(H,43,46,48)/b37-25+/t32-,33-/m0/s1. The van der Waals surface area contributed by atoms with Gasteiger partial charge in [-0.1, -0.05) is 91.0 Å². The second-order valence-electron chi connectivity index (χ2n) is 13.3. The van der Waals surface area contributed by atoms with Gasteiger partial charge >= 0.3 is 6.03 Å². The van der Waals surface area contributed by atoms with Gasteiger partial charge in [-0.2, -0.15) is 0 Å². The van der Waals surface area contributed by atoms with Gasteiger partial charge in [-0.05, 0) is 84.0 Å². The average Bonchev–Trinajstić information content (AvgIpc) is 3.11. The molecule has 1 saturated heterocycles. The summed E-state index contributed by atoms with van der Waals surface area (Å²) in [7, 11) is 0. The maximum Gasteiger partial charge on any atom is 0.335 e. The van der Waals surface area contributed by atoms with Gasteiger partial charge in [0.25, 0.3) is 11.8 Å². The average molecular weight is 648 g/mol. The van der Waals surface area contributed by atoms with E-state index in [2.05, 4.69) is 58.7 Å². The van der Waals surface area contributed by atoms with Gasteiger partial charge in [0.2, 0.25) is 0 Å². The summed E-state index contributed by atoms with van der Waals surface area (Å²) in [5, 5.41) is 4.25. The molecule has 0 radical (unpaired) electrons. The van der Waals surface area contributed by atoms with Gasteiger partial charge in [-0.3, -0.25) is 14.9 Å². The van der Waals surface area contributed by atoms with E-state index in [9.17, 15) is 14.4 Å². The number of carbonyl (C=O) groups excluding carboxylic acids is 3. The van der Waals surface area contributed by atoms with E-state index in [0.29, 0.717) is 17.0 Å². The summed E-state index contributed by atoms with van der Waals surface area (Å²) in [6.07, 6.45) is 3.27. The highest BCUT2D eigenvalue weighted by Crippen LogP contribution is 2.50. The molecule has 0 spiro atoms. The van der Waals surface area contributed by atoms with Crippen LogP contribution in [0, 0.1) is 0 Å². The van der Waals surface area contributed by atoms with Crippen molar-refractivity contribution in [2.75, 3.05) is 22.9 Å². The SMILES string of the molecule is CC(C)Oc1ccc2ccccc2c1/C=C1\C(=O)NC(=O)N(c2cc3c4c(c2)[C@H](c2ccccc2)CCN4CC[C@H]3c2ccccc2)C1=O. The molecule has 7 nitrogen and oxygen atoms in total. The lowest BCUT2D eigenvalue weighted by Crippen LogP contribution is -2.54. The molecule has 7 heteroatoms. The van der Waals surface area contributed by atoms with Crippen LogP contribution in [0.5, 0.6) is 5.75 Å². The van der Waals surface area contributed by atoms with E-state index in [4.69, 9.17) is 4.74 Å². The molecule has 3 heterocycles. The Kier molecular flexibility index (Phi) is 7.75. The van der Waals surface area contributed by atoms with E-state index in [1.165, 1.54) is 16.8 Å². The number of hydrogen-bond acceptors (Lipinski definition) is 5. The fraction of sp³-hybridized carbons (Fsp3) is 0.214. The third-order valence-corrected chi connectivity index (χ3v) is 9.94. The van der Waals surface area contributed by atoms with Crippen LogP contribution >= 0.6 is 0 Å². The predicted octanol–water partition coefficient (Wildman–Crippen LogP) is 8.17. The lowest BCUT2D eigenvalue weighted by molar-refractivity contribution is -0.122. The summed E-state index contributed by atoms with van der Waals surface area (Å²) >= 11 is 0. The second-order valence-corrected chi connectivity index (χ2v) is 13.3. The molecule has 5 aromatic rings. The van der Waals surface area contributed by atoms with Crippen LogP contribution in [0.15, 0.2) is 115 Å². The minimum atomic E-state index is -0.758. The molecule has 3 aliphatic rings. The van der Waals surface area contributed by atoms with Crippen LogP contribution in [0.3, 0.4) is 0 Å². The van der Waals surface area contributed by atoms with Gasteiger partial charge in [-0.25, -0.2) is 9.69 Å². The molecular formula is C42H37N3O4. The van der Waals surface area contributed by atoms with Crippen molar-refractivity contribution in [2.24, 2.45) is 0 Å². The second kappa shape index (κ2) is 12.4. The summed E-state index contributed by atoms with van der Waals surface area (Å²) < 4.78 is 6.14. The molecule has 49 heavy (non-hydrogen) atoms. The van der Waals surface area contributed by atoms with Gasteiger partial charge in [0, 0.05) is 36.2 Å². The van der Waals surface area contributed by atoms with Crippen molar-refractivity contribution < 1.29 is 19.1 Å². The Hall–Kier alpha value is -5.69. The zero-order valence-corrected chi connectivity index (χ0v) is 27.6. The number of fused-ring (bicyclic) bond motifs is 1. The van der Waals surface area contributed by atoms with Crippen LogP contribution in [-0.4, -0.2) is 37.0 Å². The van der Waals surface area contributed by atoms with Crippen LogP contribution < -0.4 is 19.9 Å². The highest BCUT2D eigenvalue weighted by molar-refractivity contribution is 6.39. The molecule has 5 aromatic carbocycles. The molecule has 1 fully saturated rings. The number of nitrogens with one attached hydrogen (secondary N) is 1. The summed E-state index contributed by atoms with van der Waals surface area (Å²) in [6.45, 7) is 5.72. The van der Waals surface area contributed by atoms with Crippen molar-refractivity contribution in [1.82, 2.24) is 5.32 Å². The van der Waals surface area contributed by atoms with Crippen molar-refractivity contribution in [3.8, 4) is 5.75 Å². The van der Waals surface area contributed by atoms with Crippen molar-refractivity contribution in [3.63, 3.8) is 0 Å². The Balaban J connectivity index is 1.30. The fourth-order valence-corrected chi connectivity index (χ4v) is 7.79. The molecule has 1 N–H and O–H groups in total. The summed E-state index contributed by atoms with van der Waals surface area (Å²) in [5.41, 5.74) is 6.71. The molecule has 244 valence electrons. The molecule has 0 unspecified atom stereocenters. The molecule has 3 aliphatic heterocycles. The van der Waals surface area contributed by atoms with E-state index >= 15 is 0 Å². The number of imide groups is 2. The first-order valence-corrected chi connectivity index (χ1v) is 17.0. The number of benzene rings is 5. The number of hydrogen-bond donors (Lipinski definition) is 1. The molecule has 0 bridgehead atoms. The first-order chi connectivity index (χ1) is 23.9. The van der Waals surface area contributed by atoms with Gasteiger partial charge in [0.15, 0.2) is 0 Å². The molecule has 0 saturated carbocycles. The lowest BCUT2D eigenvalue weighted by atomic mass is 9.76. The van der Waals surface area contributed by atoms with Crippen LogP contribution in [-0.2, 0) is 9.59 Å². The Labute approximate surface area is 285 Å². The fourth-order valence-electron chi connectivity index (χ4n) is 7.79. The lowest BCUT2D eigenvalue weighted by Gasteiger charge is -2.44. The Morgan fingerprint density at radius 3 is 1.96 bits per heavy atom. The zero-order chi connectivity index (χ0) is 33.6.